The van der Waals surface area contributed by atoms with Crippen molar-refractivity contribution < 1.29 is 0 Å². The summed E-state index contributed by atoms with van der Waals surface area (Å²) in [6.07, 6.45) is 4.79. The fourth-order valence-corrected chi connectivity index (χ4v) is 0.496. The minimum absolute atomic E-state index is 0.594. The third-order valence-electron chi connectivity index (χ3n) is 0.532. The van der Waals surface area contributed by atoms with Gasteiger partial charge in [-0.2, -0.15) is 0 Å². The number of hydrogen-bond donors (Lipinski definition) is 0. The lowest BCUT2D eigenvalue weighted by Gasteiger charge is -1.77. The fraction of sp³-hybridized carbons (Fsp3) is 0.600. The van der Waals surface area contributed by atoms with E-state index >= 15 is 0 Å². The second kappa shape index (κ2) is 6.32. The first-order valence-corrected chi connectivity index (χ1v) is 3.25. The Morgan fingerprint density at radius 2 is 1.86 bits per heavy atom. The van der Waals surface area contributed by atoms with Crippen molar-refractivity contribution in [2.75, 3.05) is 11.8 Å². The maximum Gasteiger partial charge on any atom is 0.0404 e. The van der Waals surface area contributed by atoms with Crippen molar-refractivity contribution in [2.45, 2.75) is 6.42 Å². The highest BCUT2D eigenvalue weighted by molar-refractivity contribution is 6.19. The second-order valence-electron chi connectivity index (χ2n) is 1.10. The van der Waals surface area contributed by atoms with Gasteiger partial charge in [0.15, 0.2) is 0 Å². The van der Waals surface area contributed by atoms with Crippen LogP contribution in [0, 0.1) is 0 Å². The van der Waals surface area contributed by atoms with Crippen LogP contribution in [0.5, 0.6) is 0 Å². The van der Waals surface area contributed by atoms with Crippen molar-refractivity contribution >= 4 is 23.2 Å². The summed E-state index contributed by atoms with van der Waals surface area (Å²) in [5.74, 6) is 1.28. The summed E-state index contributed by atoms with van der Waals surface area (Å²) in [6, 6.07) is 0. The molecule has 0 aliphatic rings. The Morgan fingerprint density at radius 1 is 1.14 bits per heavy atom. The minimum atomic E-state index is 0.594. The summed E-state index contributed by atoms with van der Waals surface area (Å²) in [6.45, 7) is 0. The summed E-state index contributed by atoms with van der Waals surface area (Å²) in [5.41, 5.74) is 0. The maximum absolute atomic E-state index is 5.34. The third-order valence-corrected chi connectivity index (χ3v) is 0.928. The van der Waals surface area contributed by atoms with Gasteiger partial charge in [-0.3, -0.25) is 0 Å². The normalized spacial score (nSPS) is 10.6. The fourth-order valence-electron chi connectivity index (χ4n) is 0.244. The molecule has 0 fully saturated rings. The lowest BCUT2D eigenvalue weighted by atomic mass is 10.4. The molecule has 7 heavy (non-hydrogen) atoms. The Balaban J connectivity index is 2.78. The Hall–Kier alpha value is 0.320. The minimum Gasteiger partial charge on any atom is -0.126 e. The smallest absolute Gasteiger partial charge is 0.0404 e. The highest BCUT2D eigenvalue weighted by Gasteiger charge is 1.70. The second-order valence-corrected chi connectivity index (χ2v) is 1.79. The van der Waals surface area contributed by atoms with Crippen LogP contribution < -0.4 is 0 Å². The molecule has 0 amide bonds. The molecular formula is C5H8Cl2. The number of halogens is 2. The summed E-state index contributed by atoms with van der Waals surface area (Å²) < 4.78 is 0. The van der Waals surface area contributed by atoms with Crippen LogP contribution in [-0.2, 0) is 0 Å². The van der Waals surface area contributed by atoms with Crippen molar-refractivity contribution in [3.8, 4) is 0 Å². The van der Waals surface area contributed by atoms with E-state index in [4.69, 9.17) is 23.2 Å². The van der Waals surface area contributed by atoms with Gasteiger partial charge in [-0.1, -0.05) is 12.2 Å². The van der Waals surface area contributed by atoms with Gasteiger partial charge in [0.2, 0.25) is 0 Å². The highest BCUT2D eigenvalue weighted by Crippen LogP contribution is 1.86. The molecule has 0 saturated carbocycles. The molecule has 0 aliphatic carbocycles. The van der Waals surface area contributed by atoms with Crippen LogP contribution in [0.4, 0.5) is 0 Å². The quantitative estimate of drug-likeness (QED) is 0.416. The zero-order chi connectivity index (χ0) is 5.54. The summed E-state index contributed by atoms with van der Waals surface area (Å²) >= 11 is 10.7. The van der Waals surface area contributed by atoms with Crippen LogP contribution in [-0.4, -0.2) is 11.8 Å². The first kappa shape index (κ1) is 7.32. The molecule has 42 valence electrons. The van der Waals surface area contributed by atoms with E-state index in [1.165, 1.54) is 0 Å². The van der Waals surface area contributed by atoms with Gasteiger partial charge in [0.05, 0.1) is 0 Å². The number of hydrogen-bond acceptors (Lipinski definition) is 0. The Bertz CT molecular complexity index is 50.0. The molecule has 2 heteroatoms. The average Bonchev–Trinajstić information content (AvgIpc) is 1.69. The molecule has 0 nitrogen and oxygen atoms in total. The van der Waals surface area contributed by atoms with Gasteiger partial charge < -0.3 is 0 Å². The molecule has 0 rings (SSSR count). The van der Waals surface area contributed by atoms with E-state index in [2.05, 4.69) is 0 Å². The third kappa shape index (κ3) is 6.32. The van der Waals surface area contributed by atoms with E-state index in [0.29, 0.717) is 11.8 Å². The summed E-state index contributed by atoms with van der Waals surface area (Å²) in [4.78, 5) is 0. The van der Waals surface area contributed by atoms with Crippen LogP contribution in [0.1, 0.15) is 6.42 Å². The van der Waals surface area contributed by atoms with Gasteiger partial charge in [-0.05, 0) is 6.42 Å². The van der Waals surface area contributed by atoms with Crippen LogP contribution in [0.3, 0.4) is 0 Å². The predicted molar refractivity (Wildman–Crippen MR) is 35.2 cm³/mol. The molecule has 0 saturated heterocycles. The number of allylic oxidation sites excluding steroid dienone is 2. The van der Waals surface area contributed by atoms with E-state index in [1.807, 2.05) is 12.2 Å². The van der Waals surface area contributed by atoms with Gasteiger partial charge in [-0.15, -0.1) is 23.2 Å². The van der Waals surface area contributed by atoms with Gasteiger partial charge >= 0.3 is 0 Å². The van der Waals surface area contributed by atoms with Gasteiger partial charge in [-0.25, -0.2) is 0 Å². The molecule has 0 aromatic rings. The average molecular weight is 139 g/mol. The Labute approximate surface area is 54.1 Å². The van der Waals surface area contributed by atoms with E-state index in [9.17, 15) is 0 Å². The van der Waals surface area contributed by atoms with E-state index < -0.39 is 0 Å². The topological polar surface area (TPSA) is 0 Å². The van der Waals surface area contributed by atoms with Crippen LogP contribution in [0.25, 0.3) is 0 Å². The lowest BCUT2D eigenvalue weighted by Crippen LogP contribution is -1.65. The van der Waals surface area contributed by atoms with E-state index in [0.717, 1.165) is 6.42 Å². The largest absolute Gasteiger partial charge is 0.126 e. The zero-order valence-corrected chi connectivity index (χ0v) is 5.54. The molecule has 0 aromatic carbocycles. The SMILES string of the molecule is ClC/C=C/CCCl. The molecule has 0 aromatic heterocycles. The van der Waals surface area contributed by atoms with Crippen LogP contribution in [0.2, 0.25) is 0 Å². The van der Waals surface area contributed by atoms with Crippen LogP contribution in [0.15, 0.2) is 12.2 Å². The van der Waals surface area contributed by atoms with Gasteiger partial charge in [0.1, 0.15) is 0 Å². The van der Waals surface area contributed by atoms with E-state index in [-0.39, 0.29) is 0 Å². The van der Waals surface area contributed by atoms with Gasteiger partial charge in [0, 0.05) is 11.8 Å². The lowest BCUT2D eigenvalue weighted by molar-refractivity contribution is 1.23. The number of alkyl halides is 2. The van der Waals surface area contributed by atoms with Crippen LogP contribution >= 0.6 is 23.2 Å². The van der Waals surface area contributed by atoms with Crippen molar-refractivity contribution in [1.29, 1.82) is 0 Å². The van der Waals surface area contributed by atoms with E-state index in [1.54, 1.807) is 0 Å². The molecule has 0 spiro atoms. The Kier molecular flexibility index (Phi) is 6.61. The molecule has 0 heterocycles. The first-order valence-electron chi connectivity index (χ1n) is 2.18. The standard InChI is InChI=1S/C5H8Cl2/c6-4-2-1-3-5-7/h1-2H,3-5H2/b2-1+. The Morgan fingerprint density at radius 3 is 2.29 bits per heavy atom. The molecular weight excluding hydrogens is 131 g/mol. The molecule has 0 N–H and O–H groups in total. The monoisotopic (exact) mass is 138 g/mol. The highest BCUT2D eigenvalue weighted by atomic mass is 35.5. The van der Waals surface area contributed by atoms with Crippen molar-refractivity contribution in [3.63, 3.8) is 0 Å². The molecule has 0 radical (unpaired) electrons. The molecule has 0 unspecified atom stereocenters. The maximum atomic E-state index is 5.34. The zero-order valence-electron chi connectivity index (χ0n) is 4.03. The van der Waals surface area contributed by atoms with Crippen molar-refractivity contribution in [2.24, 2.45) is 0 Å². The predicted octanol–water partition coefficient (Wildman–Crippen LogP) is 2.41. The molecule has 0 aliphatic heterocycles. The summed E-state index contributed by atoms with van der Waals surface area (Å²) in [5, 5.41) is 0. The van der Waals surface area contributed by atoms with Gasteiger partial charge in [0.25, 0.3) is 0 Å². The summed E-state index contributed by atoms with van der Waals surface area (Å²) in [7, 11) is 0. The van der Waals surface area contributed by atoms with Crippen molar-refractivity contribution in [3.05, 3.63) is 12.2 Å². The molecule has 0 atom stereocenters. The molecule has 0 bridgehead atoms. The number of rotatable bonds is 3. The van der Waals surface area contributed by atoms with Crippen molar-refractivity contribution in [1.82, 2.24) is 0 Å². The first-order chi connectivity index (χ1) is 3.41.